The van der Waals surface area contributed by atoms with E-state index >= 15 is 0 Å². The van der Waals surface area contributed by atoms with Gasteiger partial charge in [0.25, 0.3) is 0 Å². The number of nitrogens with zero attached hydrogens (tertiary/aromatic N) is 2. The molecule has 1 amide bonds. The zero-order valence-corrected chi connectivity index (χ0v) is 16.3. The third kappa shape index (κ3) is 5.00. The second-order valence-electron chi connectivity index (χ2n) is 7.82. The quantitative estimate of drug-likeness (QED) is 0.639. The predicted octanol–water partition coefficient (Wildman–Crippen LogP) is 5.00. The van der Waals surface area contributed by atoms with Crippen molar-refractivity contribution in [3.05, 3.63) is 66.0 Å². The second kappa shape index (κ2) is 9.05. The number of amides is 1. The van der Waals surface area contributed by atoms with Crippen LogP contribution in [-0.2, 0) is 11.4 Å². The van der Waals surface area contributed by atoms with Crippen LogP contribution in [-0.4, -0.2) is 27.9 Å². The van der Waals surface area contributed by atoms with Crippen LogP contribution in [0.1, 0.15) is 56.1 Å². The summed E-state index contributed by atoms with van der Waals surface area (Å²) in [6, 6.07) is 12.7. The standard InChI is InChI=1S/C24H28N2O2/c27-24(26(22-11-12-22)21-6-2-1-3-7-21)15-10-19-8-13-23(14-9-19)28-18-20-5-4-16-25-17-20/h4-5,8-10,13-17,21-22H,1-3,6-7,11-12,18H2/b15-10+. The van der Waals surface area contributed by atoms with Crippen molar-refractivity contribution in [1.82, 2.24) is 9.88 Å². The summed E-state index contributed by atoms with van der Waals surface area (Å²) in [6.07, 6.45) is 15.7. The van der Waals surface area contributed by atoms with Crippen molar-refractivity contribution in [2.75, 3.05) is 0 Å². The zero-order chi connectivity index (χ0) is 19.2. The Morgan fingerprint density at radius 3 is 2.46 bits per heavy atom. The van der Waals surface area contributed by atoms with Crippen LogP contribution in [0.5, 0.6) is 5.75 Å². The summed E-state index contributed by atoms with van der Waals surface area (Å²) >= 11 is 0. The van der Waals surface area contributed by atoms with Gasteiger partial charge in [-0.15, -0.1) is 0 Å². The van der Waals surface area contributed by atoms with E-state index in [0.717, 1.165) is 16.9 Å². The van der Waals surface area contributed by atoms with E-state index in [-0.39, 0.29) is 5.91 Å². The molecule has 1 aromatic heterocycles. The molecule has 0 aliphatic heterocycles. The van der Waals surface area contributed by atoms with Gasteiger partial charge in [-0.25, -0.2) is 0 Å². The highest BCUT2D eigenvalue weighted by atomic mass is 16.5. The van der Waals surface area contributed by atoms with E-state index in [1.807, 2.05) is 42.5 Å². The van der Waals surface area contributed by atoms with Crippen molar-refractivity contribution in [3.8, 4) is 5.75 Å². The largest absolute Gasteiger partial charge is 0.489 e. The third-order valence-corrected chi connectivity index (χ3v) is 5.59. The molecular weight excluding hydrogens is 348 g/mol. The molecule has 1 aromatic carbocycles. The van der Waals surface area contributed by atoms with Crippen molar-refractivity contribution in [2.24, 2.45) is 0 Å². The summed E-state index contributed by atoms with van der Waals surface area (Å²) < 4.78 is 5.79. The lowest BCUT2D eigenvalue weighted by molar-refractivity contribution is -0.129. The Hall–Kier alpha value is -2.62. The first kappa shape index (κ1) is 18.7. The van der Waals surface area contributed by atoms with Crippen LogP contribution in [0.15, 0.2) is 54.9 Å². The van der Waals surface area contributed by atoms with Gasteiger partial charge in [-0.05, 0) is 55.5 Å². The molecule has 4 heteroatoms. The van der Waals surface area contributed by atoms with Gasteiger partial charge in [0.1, 0.15) is 12.4 Å². The van der Waals surface area contributed by atoms with Crippen LogP contribution in [0.2, 0.25) is 0 Å². The van der Waals surface area contributed by atoms with Crippen LogP contribution in [0, 0.1) is 0 Å². The fraction of sp³-hybridized carbons (Fsp3) is 0.417. The summed E-state index contributed by atoms with van der Waals surface area (Å²) in [5.74, 6) is 0.987. The molecule has 0 spiro atoms. The number of carbonyl (C=O) groups is 1. The molecule has 2 saturated carbocycles. The molecular formula is C24H28N2O2. The highest BCUT2D eigenvalue weighted by Crippen LogP contribution is 2.34. The molecule has 2 aromatic rings. The Balaban J connectivity index is 1.33. The van der Waals surface area contributed by atoms with Crippen molar-refractivity contribution in [2.45, 2.75) is 63.6 Å². The van der Waals surface area contributed by atoms with E-state index in [1.165, 1.54) is 44.9 Å². The average molecular weight is 377 g/mol. The number of hydrogen-bond donors (Lipinski definition) is 0. The summed E-state index contributed by atoms with van der Waals surface area (Å²) in [4.78, 5) is 19.1. The minimum absolute atomic E-state index is 0.173. The number of pyridine rings is 1. The van der Waals surface area contributed by atoms with Gasteiger partial charge in [-0.1, -0.05) is 37.5 Å². The molecule has 0 bridgehead atoms. The van der Waals surface area contributed by atoms with Gasteiger partial charge >= 0.3 is 0 Å². The van der Waals surface area contributed by atoms with Gasteiger partial charge in [0.05, 0.1) is 0 Å². The van der Waals surface area contributed by atoms with Gasteiger partial charge in [0.2, 0.25) is 5.91 Å². The fourth-order valence-corrected chi connectivity index (χ4v) is 3.95. The minimum atomic E-state index is 0.173. The SMILES string of the molecule is O=C(/C=C/c1ccc(OCc2cccnc2)cc1)N(C1CCCCC1)C1CC1. The number of hydrogen-bond acceptors (Lipinski definition) is 3. The summed E-state index contributed by atoms with van der Waals surface area (Å²) in [5.41, 5.74) is 2.06. The van der Waals surface area contributed by atoms with Crippen molar-refractivity contribution >= 4 is 12.0 Å². The average Bonchev–Trinajstić information content (AvgIpc) is 3.58. The first-order chi connectivity index (χ1) is 13.8. The van der Waals surface area contributed by atoms with Gasteiger partial charge in [0.15, 0.2) is 0 Å². The maximum atomic E-state index is 12.8. The molecule has 2 aliphatic carbocycles. The second-order valence-corrected chi connectivity index (χ2v) is 7.82. The number of carbonyl (C=O) groups excluding carboxylic acids is 1. The van der Waals surface area contributed by atoms with Crippen molar-refractivity contribution in [3.63, 3.8) is 0 Å². The smallest absolute Gasteiger partial charge is 0.247 e. The topological polar surface area (TPSA) is 42.4 Å². The lowest BCUT2D eigenvalue weighted by Crippen LogP contribution is -2.42. The molecule has 28 heavy (non-hydrogen) atoms. The van der Waals surface area contributed by atoms with Crippen LogP contribution >= 0.6 is 0 Å². The molecule has 0 radical (unpaired) electrons. The maximum Gasteiger partial charge on any atom is 0.247 e. The number of rotatable bonds is 7. The molecule has 146 valence electrons. The Morgan fingerprint density at radius 2 is 1.79 bits per heavy atom. The molecule has 2 aliphatic rings. The van der Waals surface area contributed by atoms with Gasteiger partial charge in [-0.3, -0.25) is 9.78 Å². The monoisotopic (exact) mass is 376 g/mol. The minimum Gasteiger partial charge on any atom is -0.489 e. The summed E-state index contributed by atoms with van der Waals surface area (Å²) in [6.45, 7) is 0.499. The summed E-state index contributed by atoms with van der Waals surface area (Å²) in [5, 5.41) is 0. The highest BCUT2D eigenvalue weighted by Gasteiger charge is 2.36. The maximum absolute atomic E-state index is 12.8. The Bertz CT molecular complexity index is 791. The van der Waals surface area contributed by atoms with E-state index in [4.69, 9.17) is 4.74 Å². The fourth-order valence-electron chi connectivity index (χ4n) is 3.95. The highest BCUT2D eigenvalue weighted by molar-refractivity contribution is 5.92. The van der Waals surface area contributed by atoms with E-state index in [1.54, 1.807) is 18.5 Å². The molecule has 4 rings (SSSR count). The Kier molecular flexibility index (Phi) is 6.05. The molecule has 2 fully saturated rings. The first-order valence-corrected chi connectivity index (χ1v) is 10.4. The molecule has 0 unspecified atom stereocenters. The van der Waals surface area contributed by atoms with Crippen LogP contribution < -0.4 is 4.74 Å². The van der Waals surface area contributed by atoms with Crippen molar-refractivity contribution in [1.29, 1.82) is 0 Å². The lowest BCUT2D eigenvalue weighted by atomic mass is 9.94. The van der Waals surface area contributed by atoms with Gasteiger partial charge in [-0.2, -0.15) is 0 Å². The van der Waals surface area contributed by atoms with E-state index in [2.05, 4.69) is 9.88 Å². The lowest BCUT2D eigenvalue weighted by Gasteiger charge is -2.34. The van der Waals surface area contributed by atoms with E-state index < -0.39 is 0 Å². The predicted molar refractivity (Wildman–Crippen MR) is 111 cm³/mol. The molecule has 1 heterocycles. The number of benzene rings is 1. The molecule has 0 N–H and O–H groups in total. The molecule has 4 nitrogen and oxygen atoms in total. The summed E-state index contributed by atoms with van der Waals surface area (Å²) in [7, 11) is 0. The van der Waals surface area contributed by atoms with Crippen LogP contribution in [0.25, 0.3) is 6.08 Å². The normalized spacial score (nSPS) is 17.6. The van der Waals surface area contributed by atoms with Crippen LogP contribution in [0.4, 0.5) is 0 Å². The Morgan fingerprint density at radius 1 is 1.04 bits per heavy atom. The number of ether oxygens (including phenoxy) is 1. The van der Waals surface area contributed by atoms with E-state index in [0.29, 0.717) is 18.7 Å². The van der Waals surface area contributed by atoms with Crippen molar-refractivity contribution < 1.29 is 9.53 Å². The van der Waals surface area contributed by atoms with Gasteiger partial charge in [0, 0.05) is 36.1 Å². The first-order valence-electron chi connectivity index (χ1n) is 10.4. The van der Waals surface area contributed by atoms with Gasteiger partial charge < -0.3 is 9.64 Å². The van der Waals surface area contributed by atoms with Crippen LogP contribution in [0.3, 0.4) is 0 Å². The Labute approximate surface area is 167 Å². The zero-order valence-electron chi connectivity index (χ0n) is 16.3. The third-order valence-electron chi connectivity index (χ3n) is 5.59. The number of aromatic nitrogens is 1. The molecule has 0 atom stereocenters. The van der Waals surface area contributed by atoms with E-state index in [9.17, 15) is 4.79 Å². The molecule has 0 saturated heterocycles.